The SMILES string of the molecule is O=c1c2cc(-c3cccc(N4c5ccccc5S(=O)(=O)c5ccccc54)c3)ccc2sc2ccc(-c3cccc(N4c5ccccc5S(=O)(=O)c5ccccc54)c3)cc12. The molecule has 11 rings (SSSR count). The molecule has 0 unspecified atom stereocenters. The van der Waals surface area contributed by atoms with E-state index in [0.717, 1.165) is 43.0 Å². The Hall–Kier alpha value is -6.85. The summed E-state index contributed by atoms with van der Waals surface area (Å²) in [5.41, 5.74) is 7.34. The summed E-state index contributed by atoms with van der Waals surface area (Å²) in [6.45, 7) is 0. The van der Waals surface area contributed by atoms with Crippen molar-refractivity contribution < 1.29 is 16.8 Å². The molecule has 1 aromatic heterocycles. The van der Waals surface area contributed by atoms with Crippen LogP contribution in [-0.2, 0) is 19.7 Å². The number of fused-ring (bicyclic) bond motifs is 6. The molecule has 9 aromatic rings. The Labute approximate surface area is 344 Å². The van der Waals surface area contributed by atoms with Gasteiger partial charge in [0.25, 0.3) is 0 Å². The van der Waals surface area contributed by atoms with E-state index in [9.17, 15) is 21.6 Å². The molecule has 2 aliphatic heterocycles. The predicted octanol–water partition coefficient (Wildman–Crippen LogP) is 12.0. The molecule has 0 spiro atoms. The van der Waals surface area contributed by atoms with Gasteiger partial charge in [0.15, 0.2) is 5.43 Å². The van der Waals surface area contributed by atoms with Gasteiger partial charge in [-0.1, -0.05) is 84.9 Å². The molecule has 59 heavy (non-hydrogen) atoms. The van der Waals surface area contributed by atoms with E-state index in [2.05, 4.69) is 0 Å². The Morgan fingerprint density at radius 1 is 0.356 bits per heavy atom. The van der Waals surface area contributed by atoms with E-state index in [-0.39, 0.29) is 25.0 Å². The summed E-state index contributed by atoms with van der Waals surface area (Å²) in [5.74, 6) is 0. The number of hydrogen-bond donors (Lipinski definition) is 0. The molecule has 0 bridgehead atoms. The smallest absolute Gasteiger partial charge is 0.210 e. The van der Waals surface area contributed by atoms with Crippen LogP contribution in [0.4, 0.5) is 34.1 Å². The van der Waals surface area contributed by atoms with Crippen LogP contribution >= 0.6 is 11.3 Å². The standard InChI is InChI=1S/C49H30N2O5S3/c52-49-37-29-33(31-11-9-13-35(27-31)50-39-15-1-5-19-45(39)58(53,54)46-20-6-2-16-40(46)50)23-25-43(37)57-44-26-24-34(30-38(44)49)32-12-10-14-36(28-32)51-41-17-3-7-21-47(41)59(55,56)48-22-8-4-18-42(48)51/h1-30H. The molecule has 0 fully saturated rings. The number of sulfone groups is 2. The van der Waals surface area contributed by atoms with Crippen molar-refractivity contribution in [3.8, 4) is 22.3 Å². The highest BCUT2D eigenvalue weighted by atomic mass is 32.2. The molecule has 0 N–H and O–H groups in total. The Balaban J connectivity index is 0.992. The summed E-state index contributed by atoms with van der Waals surface area (Å²) < 4.78 is 56.2. The zero-order valence-electron chi connectivity index (χ0n) is 31.0. The van der Waals surface area contributed by atoms with Crippen molar-refractivity contribution in [2.75, 3.05) is 9.80 Å². The lowest BCUT2D eigenvalue weighted by molar-refractivity contribution is 0.593. The number of anilines is 6. The fourth-order valence-electron chi connectivity index (χ4n) is 8.39. The maximum absolute atomic E-state index is 14.4. The summed E-state index contributed by atoms with van der Waals surface area (Å²) in [4.78, 5) is 19.4. The first-order valence-electron chi connectivity index (χ1n) is 18.9. The fourth-order valence-corrected chi connectivity index (χ4v) is 12.7. The topological polar surface area (TPSA) is 91.8 Å². The monoisotopic (exact) mass is 822 g/mol. The molecule has 2 aliphatic rings. The highest BCUT2D eigenvalue weighted by Gasteiger charge is 2.36. The first kappa shape index (κ1) is 35.3. The lowest BCUT2D eigenvalue weighted by atomic mass is 10.0. The minimum atomic E-state index is -3.70. The summed E-state index contributed by atoms with van der Waals surface area (Å²) >= 11 is 1.56. The first-order valence-corrected chi connectivity index (χ1v) is 22.6. The van der Waals surface area contributed by atoms with Gasteiger partial charge >= 0.3 is 0 Å². The van der Waals surface area contributed by atoms with Gasteiger partial charge in [0, 0.05) is 31.5 Å². The van der Waals surface area contributed by atoms with Gasteiger partial charge in [-0.2, -0.15) is 0 Å². The second-order valence-corrected chi connectivity index (χ2v) is 19.4. The Morgan fingerprint density at radius 2 is 0.695 bits per heavy atom. The van der Waals surface area contributed by atoms with Crippen molar-refractivity contribution >= 4 is 85.3 Å². The minimum absolute atomic E-state index is 0.0713. The molecule has 3 heterocycles. The largest absolute Gasteiger partial charge is 0.308 e. The number of nitrogens with zero attached hydrogens (tertiary/aromatic N) is 2. The van der Waals surface area contributed by atoms with Crippen molar-refractivity contribution in [3.05, 3.63) is 192 Å². The lowest BCUT2D eigenvalue weighted by Gasteiger charge is -2.33. The maximum atomic E-state index is 14.4. The zero-order valence-corrected chi connectivity index (χ0v) is 33.4. The minimum Gasteiger partial charge on any atom is -0.308 e. The summed E-state index contributed by atoms with van der Waals surface area (Å²) in [5, 5.41) is 1.22. The number of benzene rings is 8. The van der Waals surface area contributed by atoms with E-state index in [4.69, 9.17) is 0 Å². The van der Waals surface area contributed by atoms with Crippen LogP contribution in [0.15, 0.2) is 206 Å². The number of hydrogen-bond acceptors (Lipinski definition) is 8. The quantitative estimate of drug-likeness (QED) is 0.163. The van der Waals surface area contributed by atoms with Gasteiger partial charge in [-0.25, -0.2) is 16.8 Å². The van der Waals surface area contributed by atoms with Crippen molar-refractivity contribution in [2.45, 2.75) is 19.6 Å². The molecular formula is C49H30N2O5S3. The van der Waals surface area contributed by atoms with Gasteiger partial charge in [0.2, 0.25) is 19.7 Å². The van der Waals surface area contributed by atoms with Crippen LogP contribution in [0.1, 0.15) is 0 Å². The van der Waals surface area contributed by atoms with Gasteiger partial charge in [0.05, 0.1) is 42.3 Å². The third-order valence-corrected chi connectivity index (χ3v) is 16.0. The summed E-state index contributed by atoms with van der Waals surface area (Å²) in [6, 6.07) is 56.0. The van der Waals surface area contributed by atoms with Crippen LogP contribution in [0, 0.1) is 0 Å². The van der Waals surface area contributed by atoms with E-state index in [1.54, 1.807) is 59.9 Å². The number of para-hydroxylation sites is 4. The lowest BCUT2D eigenvalue weighted by Crippen LogP contribution is -2.22. The van der Waals surface area contributed by atoms with Crippen LogP contribution in [0.5, 0.6) is 0 Å². The van der Waals surface area contributed by atoms with Gasteiger partial charge in [-0.3, -0.25) is 4.79 Å². The van der Waals surface area contributed by atoms with E-state index in [1.165, 1.54) is 0 Å². The van der Waals surface area contributed by atoms with Crippen LogP contribution in [0.2, 0.25) is 0 Å². The Morgan fingerprint density at radius 3 is 1.07 bits per heavy atom. The van der Waals surface area contributed by atoms with Crippen molar-refractivity contribution in [2.24, 2.45) is 0 Å². The molecule has 10 heteroatoms. The highest BCUT2D eigenvalue weighted by molar-refractivity contribution is 7.92. The normalized spacial score (nSPS) is 14.6. The van der Waals surface area contributed by atoms with Crippen LogP contribution < -0.4 is 15.2 Å². The molecule has 0 aliphatic carbocycles. The van der Waals surface area contributed by atoms with Gasteiger partial charge in [-0.15, -0.1) is 11.3 Å². The molecule has 0 radical (unpaired) electrons. The molecule has 0 atom stereocenters. The average molecular weight is 823 g/mol. The van der Waals surface area contributed by atoms with Crippen LogP contribution in [0.25, 0.3) is 42.4 Å². The van der Waals surface area contributed by atoms with Gasteiger partial charge in [-0.05, 0) is 119 Å². The van der Waals surface area contributed by atoms with Crippen LogP contribution in [0.3, 0.4) is 0 Å². The highest BCUT2D eigenvalue weighted by Crippen LogP contribution is 2.50. The van der Waals surface area contributed by atoms with Crippen molar-refractivity contribution in [3.63, 3.8) is 0 Å². The van der Waals surface area contributed by atoms with Crippen molar-refractivity contribution in [1.29, 1.82) is 0 Å². The molecule has 0 saturated heterocycles. The third kappa shape index (κ3) is 5.41. The Kier molecular flexibility index (Phi) is 7.83. The second kappa shape index (κ2) is 13.1. The molecule has 0 amide bonds. The van der Waals surface area contributed by atoms with E-state index < -0.39 is 19.7 Å². The maximum Gasteiger partial charge on any atom is 0.210 e. The first-order chi connectivity index (χ1) is 28.7. The molecule has 7 nitrogen and oxygen atoms in total. The molecule has 8 aromatic carbocycles. The average Bonchev–Trinajstić information content (AvgIpc) is 3.27. The number of rotatable bonds is 4. The molecule has 284 valence electrons. The zero-order chi connectivity index (χ0) is 40.0. The van der Waals surface area contributed by atoms with E-state index in [1.807, 2.05) is 143 Å². The van der Waals surface area contributed by atoms with E-state index in [0.29, 0.717) is 33.5 Å². The van der Waals surface area contributed by atoms with Gasteiger partial charge < -0.3 is 9.80 Å². The third-order valence-electron chi connectivity index (χ3n) is 11.1. The van der Waals surface area contributed by atoms with Crippen LogP contribution in [-0.4, -0.2) is 16.8 Å². The summed E-state index contributed by atoms with van der Waals surface area (Å²) in [7, 11) is -7.41. The summed E-state index contributed by atoms with van der Waals surface area (Å²) in [6.07, 6.45) is 0. The Bertz CT molecular complexity index is 3210. The van der Waals surface area contributed by atoms with Crippen molar-refractivity contribution in [1.82, 2.24) is 0 Å². The molecular weight excluding hydrogens is 793 g/mol. The van der Waals surface area contributed by atoms with Gasteiger partial charge in [0.1, 0.15) is 0 Å². The van der Waals surface area contributed by atoms with E-state index >= 15 is 0 Å². The second-order valence-electron chi connectivity index (χ2n) is 14.5. The predicted molar refractivity (Wildman–Crippen MR) is 237 cm³/mol. The molecule has 0 saturated carbocycles. The fraction of sp³-hybridized carbons (Fsp3) is 0.